The highest BCUT2D eigenvalue weighted by atomic mass is 14.4. The first-order chi connectivity index (χ1) is 26.0. The van der Waals surface area contributed by atoms with Crippen LogP contribution >= 0.6 is 0 Å². The number of fused-ring (bicyclic) bond motifs is 9. The largest absolute Gasteiger partial charge is 0.0616 e. The summed E-state index contributed by atoms with van der Waals surface area (Å²) in [6.07, 6.45) is 0. The molecule has 11 rings (SSSR count). The lowest BCUT2D eigenvalue weighted by Gasteiger charge is -2.25. The lowest BCUT2D eigenvalue weighted by molar-refractivity contribution is 0.663. The van der Waals surface area contributed by atoms with E-state index in [1.807, 2.05) is 0 Å². The quantitative estimate of drug-likeness (QED) is 0.129. The first-order valence-electron chi connectivity index (χ1n) is 18.7. The van der Waals surface area contributed by atoms with Crippen LogP contribution in [0.15, 0.2) is 182 Å². The molecule has 0 aliphatic heterocycles. The van der Waals surface area contributed by atoms with E-state index >= 15 is 0 Å². The molecule has 0 radical (unpaired) electrons. The molecule has 0 aromatic heterocycles. The van der Waals surface area contributed by atoms with Crippen molar-refractivity contribution >= 4 is 53.9 Å². The van der Waals surface area contributed by atoms with E-state index in [0.29, 0.717) is 0 Å². The highest BCUT2D eigenvalue weighted by Crippen LogP contribution is 2.53. The SMILES string of the molecule is CC1(C)c2cc3ccccc3cc2-c2cccc(-c3ccc(-c4c5ccccc5c(-c5ccc6ccc7ccccc7c6c5)c5ccccc45)cc3)c21. The van der Waals surface area contributed by atoms with Crippen molar-refractivity contribution in [2.45, 2.75) is 19.3 Å². The van der Waals surface area contributed by atoms with Crippen molar-refractivity contribution in [1.29, 1.82) is 0 Å². The second-order valence-corrected chi connectivity index (χ2v) is 15.2. The topological polar surface area (TPSA) is 0 Å². The first-order valence-corrected chi connectivity index (χ1v) is 18.7. The molecule has 0 saturated carbocycles. The molecular weight excluding hydrogens is 637 g/mol. The van der Waals surface area contributed by atoms with Crippen molar-refractivity contribution in [3.8, 4) is 44.5 Å². The minimum atomic E-state index is -0.110. The van der Waals surface area contributed by atoms with Crippen molar-refractivity contribution in [3.05, 3.63) is 193 Å². The van der Waals surface area contributed by atoms with E-state index in [2.05, 4.69) is 196 Å². The van der Waals surface area contributed by atoms with Crippen LogP contribution in [0.4, 0.5) is 0 Å². The van der Waals surface area contributed by atoms with Gasteiger partial charge in [0.25, 0.3) is 0 Å². The molecule has 248 valence electrons. The van der Waals surface area contributed by atoms with Crippen LogP contribution in [-0.4, -0.2) is 0 Å². The fraction of sp³-hybridized carbons (Fsp3) is 0.0566. The van der Waals surface area contributed by atoms with Crippen LogP contribution < -0.4 is 0 Å². The molecule has 0 atom stereocenters. The molecule has 0 heteroatoms. The number of benzene rings is 10. The van der Waals surface area contributed by atoms with Gasteiger partial charge in [0, 0.05) is 5.41 Å². The summed E-state index contributed by atoms with van der Waals surface area (Å²) in [4.78, 5) is 0. The summed E-state index contributed by atoms with van der Waals surface area (Å²) in [6.45, 7) is 4.78. The Kier molecular flexibility index (Phi) is 6.40. The summed E-state index contributed by atoms with van der Waals surface area (Å²) in [5.41, 5.74) is 13.1. The summed E-state index contributed by atoms with van der Waals surface area (Å²) >= 11 is 0. The van der Waals surface area contributed by atoms with Gasteiger partial charge in [0.1, 0.15) is 0 Å². The molecule has 10 aromatic rings. The Hall–Kier alpha value is -6.50. The van der Waals surface area contributed by atoms with E-state index < -0.39 is 0 Å². The maximum absolute atomic E-state index is 2.41. The van der Waals surface area contributed by atoms with Gasteiger partial charge in [-0.25, -0.2) is 0 Å². The standard InChI is InChI=1S/C53H36/c1-53(2)49-32-38-14-4-3-13-37(38)30-48(49)46-21-11-20-41(52(46)53)34-24-27-36(28-25-34)50-42-16-7-9-18-44(42)51(45-19-10-8-17-43(45)50)39-29-26-35-23-22-33-12-5-6-15-40(33)47(35)31-39/h3-32H,1-2H3. The molecule has 10 aromatic carbocycles. The minimum absolute atomic E-state index is 0.110. The third-order valence-electron chi connectivity index (χ3n) is 12.0. The molecule has 0 bridgehead atoms. The van der Waals surface area contributed by atoms with Gasteiger partial charge in [-0.1, -0.05) is 178 Å². The van der Waals surface area contributed by atoms with Crippen molar-refractivity contribution in [1.82, 2.24) is 0 Å². The zero-order valence-electron chi connectivity index (χ0n) is 29.8. The van der Waals surface area contributed by atoms with E-state index in [1.165, 1.54) is 109 Å². The average molecular weight is 673 g/mol. The molecule has 0 spiro atoms. The molecule has 0 saturated heterocycles. The Morgan fingerprint density at radius 3 is 1.43 bits per heavy atom. The summed E-state index contributed by atoms with van der Waals surface area (Å²) in [6, 6.07) is 67.9. The maximum atomic E-state index is 2.41. The molecule has 0 unspecified atom stereocenters. The van der Waals surface area contributed by atoms with Crippen LogP contribution in [0.2, 0.25) is 0 Å². The van der Waals surface area contributed by atoms with Gasteiger partial charge in [0.2, 0.25) is 0 Å². The predicted octanol–water partition coefficient (Wildman–Crippen LogP) is 14.8. The lowest BCUT2D eigenvalue weighted by Crippen LogP contribution is -2.16. The molecule has 0 amide bonds. The zero-order chi connectivity index (χ0) is 35.3. The second-order valence-electron chi connectivity index (χ2n) is 15.2. The Morgan fingerprint density at radius 1 is 0.302 bits per heavy atom. The van der Waals surface area contributed by atoms with Crippen LogP contribution in [0.5, 0.6) is 0 Å². The molecule has 0 N–H and O–H groups in total. The van der Waals surface area contributed by atoms with Crippen LogP contribution in [0, 0.1) is 0 Å². The van der Waals surface area contributed by atoms with Gasteiger partial charge < -0.3 is 0 Å². The summed E-state index contributed by atoms with van der Waals surface area (Å²) in [5, 5.41) is 12.8. The van der Waals surface area contributed by atoms with Crippen molar-refractivity contribution in [2.24, 2.45) is 0 Å². The number of rotatable bonds is 3. The van der Waals surface area contributed by atoms with Crippen molar-refractivity contribution in [3.63, 3.8) is 0 Å². The Bertz CT molecular complexity index is 3060. The third-order valence-corrected chi connectivity index (χ3v) is 12.0. The molecule has 0 fully saturated rings. The molecular formula is C53H36. The highest BCUT2D eigenvalue weighted by molar-refractivity contribution is 6.22. The third kappa shape index (κ3) is 4.42. The molecule has 1 aliphatic rings. The van der Waals surface area contributed by atoms with Crippen molar-refractivity contribution < 1.29 is 0 Å². The normalized spacial score (nSPS) is 13.2. The molecule has 0 heterocycles. The smallest absolute Gasteiger partial charge is 0.0165 e. The van der Waals surface area contributed by atoms with Crippen LogP contribution in [0.3, 0.4) is 0 Å². The fourth-order valence-corrected chi connectivity index (χ4v) is 9.53. The van der Waals surface area contributed by atoms with E-state index in [1.54, 1.807) is 0 Å². The fourth-order valence-electron chi connectivity index (χ4n) is 9.53. The minimum Gasteiger partial charge on any atom is -0.0616 e. The summed E-state index contributed by atoms with van der Waals surface area (Å²) < 4.78 is 0. The van der Waals surface area contributed by atoms with E-state index in [-0.39, 0.29) is 5.41 Å². The second kappa shape index (κ2) is 11.2. The van der Waals surface area contributed by atoms with Crippen LogP contribution in [0.1, 0.15) is 25.0 Å². The van der Waals surface area contributed by atoms with Gasteiger partial charge in [-0.15, -0.1) is 0 Å². The van der Waals surface area contributed by atoms with Gasteiger partial charge in [0.05, 0.1) is 0 Å². The summed E-state index contributed by atoms with van der Waals surface area (Å²) in [7, 11) is 0. The Labute approximate surface area is 309 Å². The maximum Gasteiger partial charge on any atom is 0.0165 e. The average Bonchev–Trinajstić information content (AvgIpc) is 3.44. The van der Waals surface area contributed by atoms with E-state index in [4.69, 9.17) is 0 Å². The van der Waals surface area contributed by atoms with Gasteiger partial charge in [-0.05, 0) is 128 Å². The van der Waals surface area contributed by atoms with Crippen LogP contribution in [-0.2, 0) is 5.41 Å². The zero-order valence-corrected chi connectivity index (χ0v) is 29.8. The van der Waals surface area contributed by atoms with Gasteiger partial charge in [0.15, 0.2) is 0 Å². The van der Waals surface area contributed by atoms with E-state index in [0.717, 1.165) is 0 Å². The molecule has 1 aliphatic carbocycles. The molecule has 0 nitrogen and oxygen atoms in total. The van der Waals surface area contributed by atoms with Gasteiger partial charge >= 0.3 is 0 Å². The Morgan fingerprint density at radius 2 is 0.774 bits per heavy atom. The van der Waals surface area contributed by atoms with Crippen LogP contribution in [0.25, 0.3) is 98.4 Å². The first kappa shape index (κ1) is 30.2. The van der Waals surface area contributed by atoms with Gasteiger partial charge in [-0.3, -0.25) is 0 Å². The summed E-state index contributed by atoms with van der Waals surface area (Å²) in [5.74, 6) is 0. The van der Waals surface area contributed by atoms with E-state index in [9.17, 15) is 0 Å². The van der Waals surface area contributed by atoms with Gasteiger partial charge in [-0.2, -0.15) is 0 Å². The number of hydrogen-bond donors (Lipinski definition) is 0. The van der Waals surface area contributed by atoms with Crippen molar-refractivity contribution in [2.75, 3.05) is 0 Å². The highest BCUT2D eigenvalue weighted by Gasteiger charge is 2.37. The molecule has 53 heavy (non-hydrogen) atoms. The number of hydrogen-bond acceptors (Lipinski definition) is 0. The Balaban J connectivity index is 1.08. The lowest BCUT2D eigenvalue weighted by atomic mass is 9.78. The predicted molar refractivity (Wildman–Crippen MR) is 228 cm³/mol. The monoisotopic (exact) mass is 672 g/mol.